The summed E-state index contributed by atoms with van der Waals surface area (Å²) in [6.45, 7) is 0. The molecule has 4 rings (SSSR count). The van der Waals surface area contributed by atoms with Gasteiger partial charge in [-0.15, -0.1) is 0 Å². The molecule has 0 bridgehead atoms. The third-order valence-corrected chi connectivity index (χ3v) is 4.98. The summed E-state index contributed by atoms with van der Waals surface area (Å²) in [5.74, 6) is -1.16. The Balaban J connectivity index is 1.65. The number of carbonyl (C=O) groups excluding carboxylic acids is 1. The lowest BCUT2D eigenvalue weighted by Crippen LogP contribution is -2.43. The first-order valence-corrected chi connectivity index (χ1v) is 8.36. The van der Waals surface area contributed by atoms with Crippen molar-refractivity contribution in [3.05, 3.63) is 59.7 Å². The highest BCUT2D eigenvalue weighted by molar-refractivity contribution is 5.97. The van der Waals surface area contributed by atoms with Crippen molar-refractivity contribution in [2.24, 2.45) is 5.92 Å². The Bertz CT molecular complexity index is 765. The Kier molecular flexibility index (Phi) is 3.60. The molecule has 1 saturated carbocycles. The number of rotatable bonds is 5. The van der Waals surface area contributed by atoms with Gasteiger partial charge in [0.2, 0.25) is 5.91 Å². The molecular formula is C20H19NO3. The zero-order valence-electron chi connectivity index (χ0n) is 13.2. The van der Waals surface area contributed by atoms with E-state index in [2.05, 4.69) is 5.32 Å². The van der Waals surface area contributed by atoms with E-state index in [1.165, 1.54) is 0 Å². The standard InChI is InChI=1S/C20H19NO3/c22-19(21-17(20(23)24)11-12-9-10-12)18-15-7-3-1-5-13(15)14-6-2-4-8-16(14)18/h1-8,12,17-18H,9-11H2,(H,21,22)(H,23,24)/t17-/m0/s1. The van der Waals surface area contributed by atoms with Gasteiger partial charge >= 0.3 is 5.97 Å². The van der Waals surface area contributed by atoms with Crippen molar-refractivity contribution < 1.29 is 14.7 Å². The fraction of sp³-hybridized carbons (Fsp3) is 0.300. The summed E-state index contributed by atoms with van der Waals surface area (Å²) < 4.78 is 0. The molecule has 2 aromatic carbocycles. The molecule has 0 aliphatic heterocycles. The van der Waals surface area contributed by atoms with Gasteiger partial charge in [0.25, 0.3) is 0 Å². The molecule has 122 valence electrons. The summed E-state index contributed by atoms with van der Waals surface area (Å²) in [5.41, 5.74) is 4.02. The first-order chi connectivity index (χ1) is 11.6. The molecule has 0 spiro atoms. The lowest BCUT2D eigenvalue weighted by atomic mass is 9.95. The van der Waals surface area contributed by atoms with Gasteiger partial charge in [0.05, 0.1) is 5.92 Å². The molecule has 2 N–H and O–H groups in total. The molecule has 24 heavy (non-hydrogen) atoms. The van der Waals surface area contributed by atoms with Crippen LogP contribution < -0.4 is 5.32 Å². The zero-order valence-corrected chi connectivity index (χ0v) is 13.2. The Hall–Kier alpha value is -2.62. The third kappa shape index (κ3) is 2.58. The SMILES string of the molecule is O=C(N[C@@H](CC1CC1)C(=O)O)C1c2ccccc2-c2ccccc21. The Morgan fingerprint density at radius 2 is 1.54 bits per heavy atom. The van der Waals surface area contributed by atoms with Crippen LogP contribution >= 0.6 is 0 Å². The van der Waals surface area contributed by atoms with Crippen LogP contribution in [0.2, 0.25) is 0 Å². The van der Waals surface area contributed by atoms with E-state index in [-0.39, 0.29) is 5.91 Å². The quantitative estimate of drug-likeness (QED) is 0.889. The van der Waals surface area contributed by atoms with Gasteiger partial charge in [-0.2, -0.15) is 0 Å². The molecule has 2 aliphatic carbocycles. The monoisotopic (exact) mass is 321 g/mol. The van der Waals surface area contributed by atoms with E-state index in [1.54, 1.807) is 0 Å². The van der Waals surface area contributed by atoms with Crippen molar-refractivity contribution in [3.8, 4) is 11.1 Å². The van der Waals surface area contributed by atoms with Gasteiger partial charge in [0.15, 0.2) is 0 Å². The minimum atomic E-state index is -0.949. The lowest BCUT2D eigenvalue weighted by Gasteiger charge is -2.19. The molecule has 1 atom stereocenters. The number of carboxylic acid groups (broad SMARTS) is 1. The molecule has 0 aromatic heterocycles. The van der Waals surface area contributed by atoms with E-state index in [0.29, 0.717) is 12.3 Å². The summed E-state index contributed by atoms with van der Waals surface area (Å²) >= 11 is 0. The van der Waals surface area contributed by atoms with Crippen molar-refractivity contribution in [2.45, 2.75) is 31.2 Å². The van der Waals surface area contributed by atoms with Crippen molar-refractivity contribution in [2.75, 3.05) is 0 Å². The molecule has 2 aliphatic rings. The van der Waals surface area contributed by atoms with Gasteiger partial charge in [0.1, 0.15) is 6.04 Å². The number of nitrogens with one attached hydrogen (secondary N) is 1. The number of benzene rings is 2. The molecule has 0 unspecified atom stereocenters. The van der Waals surface area contributed by atoms with Crippen LogP contribution in [0.5, 0.6) is 0 Å². The zero-order chi connectivity index (χ0) is 16.7. The van der Waals surface area contributed by atoms with Gasteiger partial charge in [-0.1, -0.05) is 61.4 Å². The number of carbonyl (C=O) groups is 2. The van der Waals surface area contributed by atoms with Gasteiger partial charge in [-0.3, -0.25) is 4.79 Å². The molecule has 2 aromatic rings. The van der Waals surface area contributed by atoms with Crippen LogP contribution in [0, 0.1) is 5.92 Å². The second kappa shape index (κ2) is 5.78. The lowest BCUT2D eigenvalue weighted by molar-refractivity contribution is -0.142. The number of aliphatic carboxylic acids is 1. The summed E-state index contributed by atoms with van der Waals surface area (Å²) in [7, 11) is 0. The van der Waals surface area contributed by atoms with Crippen LogP contribution in [-0.2, 0) is 9.59 Å². The number of amides is 1. The van der Waals surface area contributed by atoms with Gasteiger partial charge in [-0.05, 0) is 34.6 Å². The minimum absolute atomic E-state index is 0.222. The number of carboxylic acids is 1. The Labute approximate surface area is 140 Å². The van der Waals surface area contributed by atoms with E-state index >= 15 is 0 Å². The Morgan fingerprint density at radius 1 is 1.00 bits per heavy atom. The molecule has 0 radical (unpaired) electrons. The van der Waals surface area contributed by atoms with E-state index < -0.39 is 17.9 Å². The largest absolute Gasteiger partial charge is 0.480 e. The summed E-state index contributed by atoms with van der Waals surface area (Å²) in [6.07, 6.45) is 2.65. The maximum absolute atomic E-state index is 12.9. The van der Waals surface area contributed by atoms with E-state index in [0.717, 1.165) is 35.1 Å². The highest BCUT2D eigenvalue weighted by Crippen LogP contribution is 2.44. The maximum Gasteiger partial charge on any atom is 0.326 e. The molecule has 4 heteroatoms. The van der Waals surface area contributed by atoms with E-state index in [1.807, 2.05) is 48.5 Å². The van der Waals surface area contributed by atoms with Crippen LogP contribution in [0.3, 0.4) is 0 Å². The van der Waals surface area contributed by atoms with Crippen molar-refractivity contribution in [3.63, 3.8) is 0 Å². The molecule has 0 heterocycles. The van der Waals surface area contributed by atoms with Gasteiger partial charge < -0.3 is 10.4 Å². The number of hydrogen-bond donors (Lipinski definition) is 2. The maximum atomic E-state index is 12.9. The summed E-state index contributed by atoms with van der Waals surface area (Å²) in [4.78, 5) is 24.4. The minimum Gasteiger partial charge on any atom is -0.480 e. The smallest absolute Gasteiger partial charge is 0.326 e. The average molecular weight is 321 g/mol. The van der Waals surface area contributed by atoms with Gasteiger partial charge in [-0.25, -0.2) is 4.79 Å². The fourth-order valence-corrected chi connectivity index (χ4v) is 3.60. The predicted molar refractivity (Wildman–Crippen MR) is 90.6 cm³/mol. The number of hydrogen-bond acceptors (Lipinski definition) is 2. The summed E-state index contributed by atoms with van der Waals surface area (Å²) in [5, 5.41) is 12.2. The van der Waals surface area contributed by atoms with Crippen LogP contribution in [0.4, 0.5) is 0 Å². The fourth-order valence-electron chi connectivity index (χ4n) is 3.60. The summed E-state index contributed by atoms with van der Waals surface area (Å²) in [6, 6.07) is 14.9. The first-order valence-electron chi connectivity index (χ1n) is 8.36. The van der Waals surface area contributed by atoms with Crippen LogP contribution in [0.15, 0.2) is 48.5 Å². The Morgan fingerprint density at radius 3 is 2.04 bits per heavy atom. The topological polar surface area (TPSA) is 66.4 Å². The average Bonchev–Trinajstić information content (AvgIpc) is 3.33. The molecule has 1 amide bonds. The molecular weight excluding hydrogens is 302 g/mol. The van der Waals surface area contributed by atoms with Crippen molar-refractivity contribution >= 4 is 11.9 Å². The first kappa shape index (κ1) is 14.9. The van der Waals surface area contributed by atoms with Crippen molar-refractivity contribution in [1.29, 1.82) is 0 Å². The second-order valence-electron chi connectivity index (χ2n) is 6.69. The number of fused-ring (bicyclic) bond motifs is 3. The van der Waals surface area contributed by atoms with E-state index in [9.17, 15) is 14.7 Å². The van der Waals surface area contributed by atoms with Crippen LogP contribution in [-0.4, -0.2) is 23.0 Å². The predicted octanol–water partition coefficient (Wildman–Crippen LogP) is 3.17. The third-order valence-electron chi connectivity index (χ3n) is 4.98. The highest BCUT2D eigenvalue weighted by atomic mass is 16.4. The molecule has 1 fully saturated rings. The van der Waals surface area contributed by atoms with Crippen molar-refractivity contribution in [1.82, 2.24) is 5.32 Å². The van der Waals surface area contributed by atoms with Crippen LogP contribution in [0.25, 0.3) is 11.1 Å². The van der Waals surface area contributed by atoms with Gasteiger partial charge in [0, 0.05) is 0 Å². The molecule has 0 saturated heterocycles. The van der Waals surface area contributed by atoms with Crippen LogP contribution in [0.1, 0.15) is 36.3 Å². The normalized spacial score (nSPS) is 17.0. The second-order valence-corrected chi connectivity index (χ2v) is 6.69. The highest BCUT2D eigenvalue weighted by Gasteiger charge is 2.36. The molecule has 4 nitrogen and oxygen atoms in total. The van der Waals surface area contributed by atoms with E-state index in [4.69, 9.17) is 0 Å².